The molecule has 0 saturated carbocycles. The Hall–Kier alpha value is -4.33. The summed E-state index contributed by atoms with van der Waals surface area (Å²) in [4.78, 5) is 41.4. The minimum absolute atomic E-state index is 0.0676. The Morgan fingerprint density at radius 2 is 1.76 bits per heavy atom. The van der Waals surface area contributed by atoms with Crippen molar-refractivity contribution in [1.29, 1.82) is 0 Å². The molecular formula is C30H30N2O6. The topological polar surface area (TPSA) is 107 Å². The third-order valence-corrected chi connectivity index (χ3v) is 7.02. The molecule has 1 amide bonds. The van der Waals surface area contributed by atoms with Gasteiger partial charge in [-0.25, -0.2) is 0 Å². The fourth-order valence-electron chi connectivity index (χ4n) is 5.21. The summed E-state index contributed by atoms with van der Waals surface area (Å²) in [6, 6.07) is 11.5. The van der Waals surface area contributed by atoms with Gasteiger partial charge in [0.25, 0.3) is 5.91 Å². The standard InChI is InChI=1S/C30H30N2O6/c1-4-38-28(34)13-10-19-24(31-23-6-5-7-25(33)29(19)23)16-21-20-14-17(8-11-22(20)32-30(21)35)18-9-12-26(36-2)27(15-18)37-3/h8-9,11-12,14-16,31H,4-7,10,13H2,1-3H3,(H,32,35). The monoisotopic (exact) mass is 514 g/mol. The summed E-state index contributed by atoms with van der Waals surface area (Å²) < 4.78 is 15.9. The van der Waals surface area contributed by atoms with E-state index in [1.807, 2.05) is 36.4 Å². The highest BCUT2D eigenvalue weighted by Gasteiger charge is 2.29. The zero-order chi connectivity index (χ0) is 26.8. The number of methoxy groups -OCH3 is 2. The van der Waals surface area contributed by atoms with Gasteiger partial charge >= 0.3 is 5.97 Å². The molecule has 1 aliphatic heterocycles. The number of fused-ring (bicyclic) bond motifs is 2. The van der Waals surface area contributed by atoms with Crippen LogP contribution in [0.15, 0.2) is 36.4 Å². The summed E-state index contributed by atoms with van der Waals surface area (Å²) >= 11 is 0. The van der Waals surface area contributed by atoms with Crippen LogP contribution in [0.25, 0.3) is 22.8 Å². The molecule has 0 spiro atoms. The summed E-state index contributed by atoms with van der Waals surface area (Å²) in [6.45, 7) is 2.07. The molecule has 0 fully saturated rings. The van der Waals surface area contributed by atoms with Gasteiger partial charge in [-0.2, -0.15) is 0 Å². The second-order valence-corrected chi connectivity index (χ2v) is 9.29. The summed E-state index contributed by atoms with van der Waals surface area (Å²) in [5.41, 5.74) is 6.77. The molecular weight excluding hydrogens is 484 g/mol. The number of esters is 1. The maximum atomic E-state index is 13.1. The molecule has 0 atom stereocenters. The number of H-pyrrole nitrogens is 1. The maximum Gasteiger partial charge on any atom is 0.306 e. The number of ketones is 1. The molecule has 38 heavy (non-hydrogen) atoms. The first-order valence-electron chi connectivity index (χ1n) is 12.8. The van der Waals surface area contributed by atoms with Crippen LogP contribution in [-0.4, -0.2) is 43.5 Å². The van der Waals surface area contributed by atoms with E-state index in [2.05, 4.69) is 10.3 Å². The predicted molar refractivity (Wildman–Crippen MR) is 144 cm³/mol. The van der Waals surface area contributed by atoms with Crippen molar-refractivity contribution >= 4 is 35.0 Å². The first-order valence-corrected chi connectivity index (χ1v) is 12.8. The van der Waals surface area contributed by atoms with E-state index in [0.29, 0.717) is 53.5 Å². The zero-order valence-corrected chi connectivity index (χ0v) is 21.7. The van der Waals surface area contributed by atoms with Gasteiger partial charge in [0, 0.05) is 41.0 Å². The minimum Gasteiger partial charge on any atom is -0.493 e. The van der Waals surface area contributed by atoms with Crippen molar-refractivity contribution in [2.24, 2.45) is 0 Å². The number of aromatic amines is 1. The van der Waals surface area contributed by atoms with Gasteiger partial charge in [-0.3, -0.25) is 14.4 Å². The van der Waals surface area contributed by atoms with Crippen molar-refractivity contribution in [3.63, 3.8) is 0 Å². The van der Waals surface area contributed by atoms with Crippen LogP contribution in [0.2, 0.25) is 0 Å². The average Bonchev–Trinajstić information content (AvgIpc) is 3.44. The first-order chi connectivity index (χ1) is 18.4. The van der Waals surface area contributed by atoms with Crippen molar-refractivity contribution in [1.82, 2.24) is 4.98 Å². The summed E-state index contributed by atoms with van der Waals surface area (Å²) in [5, 5.41) is 2.94. The fraction of sp³-hybridized carbons (Fsp3) is 0.300. The molecule has 0 saturated heterocycles. The smallest absolute Gasteiger partial charge is 0.306 e. The number of aromatic nitrogens is 1. The van der Waals surface area contributed by atoms with Crippen LogP contribution in [0.4, 0.5) is 5.69 Å². The van der Waals surface area contributed by atoms with Gasteiger partial charge in [-0.1, -0.05) is 12.1 Å². The van der Waals surface area contributed by atoms with Crippen molar-refractivity contribution in [2.75, 3.05) is 26.1 Å². The van der Waals surface area contributed by atoms with Crippen LogP contribution in [0, 0.1) is 0 Å². The Bertz CT molecular complexity index is 1470. The first kappa shape index (κ1) is 25.3. The molecule has 2 aliphatic rings. The van der Waals surface area contributed by atoms with E-state index < -0.39 is 0 Å². The number of hydrogen-bond donors (Lipinski definition) is 2. The van der Waals surface area contributed by atoms with E-state index in [4.69, 9.17) is 14.2 Å². The second kappa shape index (κ2) is 10.6. The molecule has 1 aliphatic carbocycles. The van der Waals surface area contributed by atoms with Crippen LogP contribution >= 0.6 is 0 Å². The number of rotatable bonds is 8. The third kappa shape index (κ3) is 4.69. The van der Waals surface area contributed by atoms with E-state index in [-0.39, 0.29) is 24.1 Å². The number of benzene rings is 2. The average molecular weight is 515 g/mol. The van der Waals surface area contributed by atoms with Gasteiger partial charge in [-0.15, -0.1) is 0 Å². The van der Waals surface area contributed by atoms with E-state index >= 15 is 0 Å². The molecule has 2 N–H and O–H groups in total. The number of hydrogen-bond acceptors (Lipinski definition) is 6. The normalized spacial score (nSPS) is 15.2. The van der Waals surface area contributed by atoms with E-state index in [9.17, 15) is 14.4 Å². The number of ether oxygens (including phenoxy) is 3. The van der Waals surface area contributed by atoms with Gasteiger partial charge in [0.1, 0.15) is 0 Å². The molecule has 0 bridgehead atoms. The number of anilines is 1. The van der Waals surface area contributed by atoms with Crippen molar-refractivity contribution < 1.29 is 28.6 Å². The van der Waals surface area contributed by atoms with Crippen molar-refractivity contribution in [3.8, 4) is 22.6 Å². The van der Waals surface area contributed by atoms with Crippen molar-refractivity contribution in [2.45, 2.75) is 39.0 Å². The van der Waals surface area contributed by atoms with Crippen LogP contribution in [0.5, 0.6) is 11.5 Å². The predicted octanol–water partition coefficient (Wildman–Crippen LogP) is 5.21. The lowest BCUT2D eigenvalue weighted by molar-refractivity contribution is -0.143. The summed E-state index contributed by atoms with van der Waals surface area (Å²) in [6.07, 6.45) is 4.32. The van der Waals surface area contributed by atoms with Gasteiger partial charge in [-0.05, 0) is 73.2 Å². The number of nitrogens with one attached hydrogen (secondary N) is 2. The molecule has 0 unspecified atom stereocenters. The molecule has 1 aromatic heterocycles. The number of carbonyl (C=O) groups excluding carboxylic acids is 3. The van der Waals surface area contributed by atoms with Crippen LogP contribution in [0.3, 0.4) is 0 Å². The lowest BCUT2D eigenvalue weighted by Crippen LogP contribution is -2.12. The zero-order valence-electron chi connectivity index (χ0n) is 21.7. The Balaban J connectivity index is 1.56. The number of Topliss-reactive ketones (excluding diaryl/α,β-unsaturated/α-hetero) is 1. The number of aryl methyl sites for hydroxylation is 1. The summed E-state index contributed by atoms with van der Waals surface area (Å²) in [5.74, 6) is 0.782. The number of amides is 1. The highest BCUT2D eigenvalue weighted by atomic mass is 16.5. The van der Waals surface area contributed by atoms with Crippen LogP contribution < -0.4 is 14.8 Å². The fourth-order valence-corrected chi connectivity index (χ4v) is 5.21. The van der Waals surface area contributed by atoms with Crippen LogP contribution in [-0.2, 0) is 27.2 Å². The molecule has 3 aromatic rings. The van der Waals surface area contributed by atoms with E-state index in [1.165, 1.54) is 0 Å². The van der Waals surface area contributed by atoms with Crippen molar-refractivity contribution in [3.05, 3.63) is 64.5 Å². The SMILES string of the molecule is CCOC(=O)CCc1c(C=C2C(=O)Nc3ccc(-c4ccc(OC)c(OC)c4)cc32)[nH]c2c1C(=O)CCC2. The van der Waals surface area contributed by atoms with Gasteiger partial charge in [0.05, 0.1) is 26.4 Å². The van der Waals surface area contributed by atoms with Crippen LogP contribution in [0.1, 0.15) is 59.1 Å². The van der Waals surface area contributed by atoms with Gasteiger partial charge in [0.15, 0.2) is 17.3 Å². The van der Waals surface area contributed by atoms with Gasteiger partial charge in [0.2, 0.25) is 0 Å². The largest absolute Gasteiger partial charge is 0.493 e. The van der Waals surface area contributed by atoms with E-state index in [0.717, 1.165) is 40.8 Å². The molecule has 5 rings (SSSR count). The quantitative estimate of drug-likeness (QED) is 0.316. The minimum atomic E-state index is -0.312. The molecule has 0 radical (unpaired) electrons. The highest BCUT2D eigenvalue weighted by Crippen LogP contribution is 2.39. The van der Waals surface area contributed by atoms with Gasteiger partial charge < -0.3 is 24.5 Å². The molecule has 196 valence electrons. The molecule has 8 nitrogen and oxygen atoms in total. The Labute approximate surface area is 221 Å². The highest BCUT2D eigenvalue weighted by molar-refractivity contribution is 6.35. The second-order valence-electron chi connectivity index (χ2n) is 9.29. The molecule has 2 heterocycles. The number of carbonyl (C=O) groups is 3. The Kier molecular flexibility index (Phi) is 7.05. The maximum absolute atomic E-state index is 13.1. The summed E-state index contributed by atoms with van der Waals surface area (Å²) in [7, 11) is 3.18. The lowest BCUT2D eigenvalue weighted by atomic mass is 9.91. The third-order valence-electron chi connectivity index (χ3n) is 7.02. The molecule has 2 aromatic carbocycles. The Morgan fingerprint density at radius 3 is 2.53 bits per heavy atom. The lowest BCUT2D eigenvalue weighted by Gasteiger charge is -2.11. The molecule has 8 heteroatoms. The van der Waals surface area contributed by atoms with E-state index in [1.54, 1.807) is 27.2 Å². The Morgan fingerprint density at radius 1 is 1.00 bits per heavy atom.